The number of carbonyl (C=O) groups is 1. The fraction of sp³-hybridized carbons (Fsp3) is 0.364. The van der Waals surface area contributed by atoms with Crippen molar-refractivity contribution in [1.29, 1.82) is 0 Å². The van der Waals surface area contributed by atoms with E-state index < -0.39 is 18.6 Å². The molecule has 1 unspecified atom stereocenters. The number of nitrogens with two attached hydrogens (primary N) is 1. The van der Waals surface area contributed by atoms with Gasteiger partial charge in [-0.3, -0.25) is 4.79 Å². The first-order valence-electron chi connectivity index (χ1n) is 5.20. The summed E-state index contributed by atoms with van der Waals surface area (Å²) in [5.41, 5.74) is 6.35. The Bertz CT molecular complexity index is 414. The molecule has 6 heteroatoms. The normalized spacial score (nSPS) is 24.5. The van der Waals surface area contributed by atoms with Crippen LogP contribution in [0.3, 0.4) is 0 Å². The van der Waals surface area contributed by atoms with Gasteiger partial charge < -0.3 is 20.9 Å². The Morgan fingerprint density at radius 3 is 2.53 bits per heavy atom. The maximum Gasteiger partial charge on any atom is 0.487 e. The minimum absolute atomic E-state index is 0.148. The van der Waals surface area contributed by atoms with Gasteiger partial charge in [-0.1, -0.05) is 24.3 Å². The van der Waals surface area contributed by atoms with Crippen molar-refractivity contribution in [3.8, 4) is 0 Å². The monoisotopic (exact) mass is 237 g/mol. The van der Waals surface area contributed by atoms with Crippen molar-refractivity contribution in [2.75, 3.05) is 0 Å². The molecule has 1 aliphatic carbocycles. The molecular weight excluding hydrogens is 221 g/mol. The van der Waals surface area contributed by atoms with E-state index in [0.29, 0.717) is 6.42 Å². The molecule has 0 heterocycles. The zero-order chi connectivity index (χ0) is 13.2. The summed E-state index contributed by atoms with van der Waals surface area (Å²) in [4.78, 5) is 11.0. The maximum atomic E-state index is 11.0. The van der Waals surface area contributed by atoms with Crippen LogP contribution in [0, 0.1) is 0 Å². The molecule has 1 aliphatic rings. The standard InChI is InChI=1S/C11H16BNO4/c1-7-5-11(13,10(14)15)6-9(7)4-3-8(2)12(16)17/h3-4,16-17H,2,5-6,13H2,1H3,(H,14,15)/b4-3-. The Morgan fingerprint density at radius 2 is 2.12 bits per heavy atom. The number of allylic oxidation sites excluding steroid dienone is 3. The fourth-order valence-electron chi connectivity index (χ4n) is 1.79. The molecule has 17 heavy (non-hydrogen) atoms. The van der Waals surface area contributed by atoms with E-state index in [4.69, 9.17) is 20.9 Å². The van der Waals surface area contributed by atoms with Gasteiger partial charge >= 0.3 is 13.1 Å². The van der Waals surface area contributed by atoms with Crippen molar-refractivity contribution < 1.29 is 19.9 Å². The number of hydrogen-bond donors (Lipinski definition) is 4. The van der Waals surface area contributed by atoms with Crippen LogP contribution in [0.25, 0.3) is 0 Å². The highest BCUT2D eigenvalue weighted by Crippen LogP contribution is 2.34. The third-order valence-corrected chi connectivity index (χ3v) is 2.89. The summed E-state index contributed by atoms with van der Waals surface area (Å²) in [6.07, 6.45) is 3.63. The second kappa shape index (κ2) is 4.87. The van der Waals surface area contributed by atoms with Crippen molar-refractivity contribution in [1.82, 2.24) is 0 Å². The Hall–Kier alpha value is -1.37. The largest absolute Gasteiger partial charge is 0.487 e. The van der Waals surface area contributed by atoms with Crippen LogP contribution in [0.1, 0.15) is 19.8 Å². The lowest BCUT2D eigenvalue weighted by Crippen LogP contribution is -2.45. The quantitative estimate of drug-likeness (QED) is 0.407. The highest BCUT2D eigenvalue weighted by atomic mass is 16.4. The Labute approximate surface area is 100 Å². The number of carboxylic acid groups (broad SMARTS) is 1. The van der Waals surface area contributed by atoms with E-state index in [1.54, 1.807) is 6.08 Å². The molecule has 0 spiro atoms. The van der Waals surface area contributed by atoms with E-state index in [-0.39, 0.29) is 11.9 Å². The first-order chi connectivity index (χ1) is 7.76. The smallest absolute Gasteiger partial charge is 0.480 e. The van der Waals surface area contributed by atoms with Gasteiger partial charge in [0.1, 0.15) is 5.54 Å². The van der Waals surface area contributed by atoms with Gasteiger partial charge in [-0.05, 0) is 24.4 Å². The van der Waals surface area contributed by atoms with Crippen LogP contribution in [0.15, 0.2) is 35.3 Å². The van der Waals surface area contributed by atoms with Crippen LogP contribution in [0.4, 0.5) is 0 Å². The van der Waals surface area contributed by atoms with E-state index in [1.165, 1.54) is 6.08 Å². The van der Waals surface area contributed by atoms with Gasteiger partial charge in [0.05, 0.1) is 0 Å². The Kier molecular flexibility index (Phi) is 3.92. The lowest BCUT2D eigenvalue weighted by atomic mass is 9.80. The molecule has 0 aromatic rings. The fourth-order valence-corrected chi connectivity index (χ4v) is 1.79. The van der Waals surface area contributed by atoms with Gasteiger partial charge in [-0.15, -0.1) is 0 Å². The van der Waals surface area contributed by atoms with Crippen LogP contribution in [0.2, 0.25) is 0 Å². The third kappa shape index (κ3) is 3.06. The van der Waals surface area contributed by atoms with Crippen LogP contribution in [-0.4, -0.2) is 33.8 Å². The molecule has 92 valence electrons. The summed E-state index contributed by atoms with van der Waals surface area (Å²) >= 11 is 0. The van der Waals surface area contributed by atoms with Gasteiger partial charge in [-0.2, -0.15) is 0 Å². The zero-order valence-corrected chi connectivity index (χ0v) is 9.68. The highest BCUT2D eigenvalue weighted by Gasteiger charge is 2.39. The van der Waals surface area contributed by atoms with Gasteiger partial charge in [0.25, 0.3) is 0 Å². The number of carboxylic acids is 1. The summed E-state index contributed by atoms with van der Waals surface area (Å²) in [6, 6.07) is 0. The molecule has 0 aromatic carbocycles. The second-order valence-electron chi connectivity index (χ2n) is 4.40. The predicted octanol–water partition coefficient (Wildman–Crippen LogP) is 0.00320. The van der Waals surface area contributed by atoms with Crippen molar-refractivity contribution in [2.24, 2.45) is 5.73 Å². The molecule has 5 nitrogen and oxygen atoms in total. The summed E-state index contributed by atoms with van der Waals surface area (Å²) in [5.74, 6) is -1.03. The van der Waals surface area contributed by atoms with E-state index in [1.807, 2.05) is 6.92 Å². The molecular formula is C11H16BNO4. The SMILES string of the molecule is C=C(/C=C\C1=C(C)CC(N)(C(=O)O)C1)B(O)O. The molecule has 1 atom stereocenters. The van der Waals surface area contributed by atoms with Crippen LogP contribution < -0.4 is 5.73 Å². The predicted molar refractivity (Wildman–Crippen MR) is 65.0 cm³/mol. The Morgan fingerprint density at radius 1 is 1.53 bits per heavy atom. The van der Waals surface area contributed by atoms with Gasteiger partial charge in [-0.25, -0.2) is 0 Å². The van der Waals surface area contributed by atoms with Gasteiger partial charge in [0.15, 0.2) is 0 Å². The van der Waals surface area contributed by atoms with Crippen molar-refractivity contribution in [3.05, 3.63) is 35.3 Å². The van der Waals surface area contributed by atoms with Gasteiger partial charge in [0.2, 0.25) is 0 Å². The third-order valence-electron chi connectivity index (χ3n) is 2.89. The first kappa shape index (κ1) is 13.7. The maximum absolute atomic E-state index is 11.0. The van der Waals surface area contributed by atoms with E-state index in [0.717, 1.165) is 11.1 Å². The lowest BCUT2D eigenvalue weighted by Gasteiger charge is -2.17. The first-order valence-corrected chi connectivity index (χ1v) is 5.20. The molecule has 0 bridgehead atoms. The summed E-state index contributed by atoms with van der Waals surface area (Å²) in [7, 11) is -1.60. The van der Waals surface area contributed by atoms with Crippen molar-refractivity contribution in [3.63, 3.8) is 0 Å². The molecule has 0 saturated heterocycles. The average Bonchev–Trinajstić information content (AvgIpc) is 2.51. The minimum Gasteiger partial charge on any atom is -0.480 e. The molecule has 5 N–H and O–H groups in total. The van der Waals surface area contributed by atoms with E-state index >= 15 is 0 Å². The van der Waals surface area contributed by atoms with E-state index in [2.05, 4.69) is 6.58 Å². The van der Waals surface area contributed by atoms with Crippen molar-refractivity contribution in [2.45, 2.75) is 25.3 Å². The lowest BCUT2D eigenvalue weighted by molar-refractivity contribution is -0.142. The molecule has 0 saturated carbocycles. The number of rotatable bonds is 4. The minimum atomic E-state index is -1.60. The molecule has 1 rings (SSSR count). The Balaban J connectivity index is 2.78. The molecule has 0 amide bonds. The molecule has 0 aromatic heterocycles. The average molecular weight is 237 g/mol. The van der Waals surface area contributed by atoms with Crippen molar-refractivity contribution >= 4 is 13.1 Å². The molecule has 0 aliphatic heterocycles. The summed E-state index contributed by atoms with van der Waals surface area (Å²) < 4.78 is 0. The topological polar surface area (TPSA) is 104 Å². The molecule has 0 radical (unpaired) electrons. The van der Waals surface area contributed by atoms with Crippen LogP contribution in [-0.2, 0) is 4.79 Å². The zero-order valence-electron chi connectivity index (χ0n) is 9.68. The second-order valence-corrected chi connectivity index (χ2v) is 4.40. The highest BCUT2D eigenvalue weighted by molar-refractivity contribution is 6.51. The summed E-state index contributed by atoms with van der Waals surface area (Å²) in [6.45, 7) is 5.27. The molecule has 0 fully saturated rings. The van der Waals surface area contributed by atoms with Gasteiger partial charge in [0, 0.05) is 6.42 Å². The van der Waals surface area contributed by atoms with E-state index in [9.17, 15) is 4.79 Å². The number of hydrogen-bond acceptors (Lipinski definition) is 4. The van der Waals surface area contributed by atoms with Crippen LogP contribution >= 0.6 is 0 Å². The summed E-state index contributed by atoms with van der Waals surface area (Å²) in [5, 5.41) is 26.6. The van der Waals surface area contributed by atoms with Crippen LogP contribution in [0.5, 0.6) is 0 Å². The number of aliphatic carboxylic acids is 1.